The number of nitrogens with zero attached hydrogens (tertiary/aromatic N) is 3. The van der Waals surface area contributed by atoms with Gasteiger partial charge >= 0.3 is 0 Å². The second kappa shape index (κ2) is 10.6. The fraction of sp³-hybridized carbons (Fsp3) is 0.529. The predicted octanol–water partition coefficient (Wildman–Crippen LogP) is 1.33. The standard InChI is InChI=1S/C17H25N5O.2ClH/c1-21-8-10-22(11-9-21)16-12-15(4-7-19-16)17(23)20-13-14-2-5-18-6-3-14;;/h2,4,7,12,18H,3,5-6,8-11,13H2,1H3,(H,20,23);2*1H. The quantitative estimate of drug-likeness (QED) is 0.763. The van der Waals surface area contributed by atoms with Crippen molar-refractivity contribution in [3.63, 3.8) is 0 Å². The van der Waals surface area contributed by atoms with Crippen LogP contribution in [0.4, 0.5) is 5.82 Å². The molecule has 0 bridgehead atoms. The van der Waals surface area contributed by atoms with Crippen LogP contribution in [0.25, 0.3) is 0 Å². The number of halogens is 2. The third-order valence-electron chi connectivity index (χ3n) is 4.47. The highest BCUT2D eigenvalue weighted by Gasteiger charge is 2.16. The Kier molecular flexibility index (Phi) is 9.21. The molecule has 0 atom stereocenters. The Balaban J connectivity index is 0.00000156. The van der Waals surface area contributed by atoms with Gasteiger partial charge < -0.3 is 20.4 Å². The largest absolute Gasteiger partial charge is 0.354 e. The average molecular weight is 388 g/mol. The van der Waals surface area contributed by atoms with Crippen LogP contribution in [0.5, 0.6) is 0 Å². The van der Waals surface area contributed by atoms with Crippen LogP contribution in [0.15, 0.2) is 30.0 Å². The molecular weight excluding hydrogens is 361 g/mol. The van der Waals surface area contributed by atoms with Crippen LogP contribution in [-0.2, 0) is 0 Å². The Morgan fingerprint density at radius 2 is 2.04 bits per heavy atom. The van der Waals surface area contributed by atoms with Crippen molar-refractivity contribution in [1.82, 2.24) is 20.5 Å². The van der Waals surface area contributed by atoms with Gasteiger partial charge in [-0.1, -0.05) is 11.6 Å². The first kappa shape index (κ1) is 21.7. The molecule has 0 radical (unpaired) electrons. The van der Waals surface area contributed by atoms with Gasteiger partial charge in [0, 0.05) is 51.0 Å². The monoisotopic (exact) mass is 387 g/mol. The number of likely N-dealkylation sites (N-methyl/N-ethyl adjacent to an activating group) is 1. The Morgan fingerprint density at radius 1 is 1.28 bits per heavy atom. The fourth-order valence-corrected chi connectivity index (χ4v) is 2.89. The molecule has 6 nitrogen and oxygen atoms in total. The number of pyridine rings is 1. The number of nitrogens with one attached hydrogen (secondary N) is 2. The van der Waals surface area contributed by atoms with E-state index in [2.05, 4.69) is 38.5 Å². The lowest BCUT2D eigenvalue weighted by molar-refractivity contribution is 0.0956. The summed E-state index contributed by atoms with van der Waals surface area (Å²) in [6.45, 7) is 6.48. The van der Waals surface area contributed by atoms with Gasteiger partial charge in [-0.15, -0.1) is 24.8 Å². The molecule has 2 aliphatic heterocycles. The van der Waals surface area contributed by atoms with Crippen LogP contribution in [0.1, 0.15) is 16.8 Å². The summed E-state index contributed by atoms with van der Waals surface area (Å²) in [5, 5.41) is 6.29. The van der Waals surface area contributed by atoms with Crippen molar-refractivity contribution in [3.8, 4) is 0 Å². The maximum absolute atomic E-state index is 12.4. The van der Waals surface area contributed by atoms with Crippen LogP contribution < -0.4 is 15.5 Å². The molecule has 0 aromatic carbocycles. The SMILES string of the molecule is CN1CCN(c2cc(C(=O)NCC3=CCNCC3)ccn2)CC1.Cl.Cl. The molecule has 2 aliphatic rings. The lowest BCUT2D eigenvalue weighted by Gasteiger charge is -2.33. The first-order valence-electron chi connectivity index (χ1n) is 8.29. The van der Waals surface area contributed by atoms with Crippen molar-refractivity contribution in [2.75, 3.05) is 57.8 Å². The van der Waals surface area contributed by atoms with Gasteiger partial charge in [0.15, 0.2) is 0 Å². The zero-order valence-electron chi connectivity index (χ0n) is 14.5. The van der Waals surface area contributed by atoms with Crippen molar-refractivity contribution in [2.45, 2.75) is 6.42 Å². The molecule has 0 unspecified atom stereocenters. The molecule has 0 spiro atoms. The Hall–Kier alpha value is -1.34. The van der Waals surface area contributed by atoms with E-state index in [1.165, 1.54) is 5.57 Å². The number of carbonyl (C=O) groups is 1. The van der Waals surface area contributed by atoms with Crippen LogP contribution in [0.2, 0.25) is 0 Å². The minimum absolute atomic E-state index is 0. The molecule has 3 rings (SSSR count). The van der Waals surface area contributed by atoms with E-state index in [4.69, 9.17) is 0 Å². The molecule has 2 N–H and O–H groups in total. The van der Waals surface area contributed by atoms with Gasteiger partial charge in [0.2, 0.25) is 0 Å². The van der Waals surface area contributed by atoms with E-state index >= 15 is 0 Å². The lowest BCUT2D eigenvalue weighted by atomic mass is 10.1. The van der Waals surface area contributed by atoms with Gasteiger partial charge in [-0.3, -0.25) is 4.79 Å². The average Bonchev–Trinajstić information content (AvgIpc) is 2.61. The smallest absolute Gasteiger partial charge is 0.251 e. The molecule has 1 aromatic rings. The van der Waals surface area contributed by atoms with Crippen LogP contribution >= 0.6 is 24.8 Å². The molecule has 1 saturated heterocycles. The van der Waals surface area contributed by atoms with E-state index in [1.54, 1.807) is 12.3 Å². The third kappa shape index (κ3) is 6.15. The fourth-order valence-electron chi connectivity index (χ4n) is 2.89. The van der Waals surface area contributed by atoms with Gasteiger partial charge in [-0.25, -0.2) is 4.98 Å². The van der Waals surface area contributed by atoms with E-state index in [1.807, 2.05) is 6.07 Å². The summed E-state index contributed by atoms with van der Waals surface area (Å²) in [6.07, 6.45) is 4.89. The van der Waals surface area contributed by atoms with Crippen molar-refractivity contribution < 1.29 is 4.79 Å². The van der Waals surface area contributed by atoms with E-state index in [9.17, 15) is 4.79 Å². The summed E-state index contributed by atoms with van der Waals surface area (Å²) >= 11 is 0. The van der Waals surface area contributed by atoms with Gasteiger partial charge in [0.05, 0.1) is 0 Å². The zero-order valence-corrected chi connectivity index (χ0v) is 16.2. The number of carbonyl (C=O) groups excluding carboxylic acids is 1. The van der Waals surface area contributed by atoms with Crippen LogP contribution in [-0.4, -0.2) is 68.7 Å². The van der Waals surface area contributed by atoms with E-state index in [0.717, 1.165) is 51.5 Å². The first-order chi connectivity index (χ1) is 11.2. The number of aromatic nitrogens is 1. The molecule has 3 heterocycles. The molecular formula is C17H27Cl2N5O. The Bertz CT molecular complexity index is 588. The summed E-state index contributed by atoms with van der Waals surface area (Å²) in [4.78, 5) is 21.3. The highest BCUT2D eigenvalue weighted by Crippen LogP contribution is 2.15. The number of rotatable bonds is 4. The zero-order chi connectivity index (χ0) is 16.1. The van der Waals surface area contributed by atoms with Gasteiger partial charge in [-0.2, -0.15) is 0 Å². The molecule has 140 valence electrons. The minimum atomic E-state index is -0.0257. The second-order valence-electron chi connectivity index (χ2n) is 6.19. The van der Waals surface area contributed by atoms with Crippen molar-refractivity contribution >= 4 is 36.5 Å². The van der Waals surface area contributed by atoms with E-state index < -0.39 is 0 Å². The van der Waals surface area contributed by atoms with Crippen LogP contribution in [0, 0.1) is 0 Å². The molecule has 0 aliphatic carbocycles. The predicted molar refractivity (Wildman–Crippen MR) is 106 cm³/mol. The summed E-state index contributed by atoms with van der Waals surface area (Å²) in [5.41, 5.74) is 1.98. The number of anilines is 1. The number of hydrogen-bond acceptors (Lipinski definition) is 5. The number of hydrogen-bond donors (Lipinski definition) is 2. The van der Waals surface area contributed by atoms with Gasteiger partial charge in [0.1, 0.15) is 5.82 Å². The summed E-state index contributed by atoms with van der Waals surface area (Å²) in [7, 11) is 2.13. The highest BCUT2D eigenvalue weighted by atomic mass is 35.5. The first-order valence-corrected chi connectivity index (χ1v) is 8.29. The molecule has 1 fully saturated rings. The molecule has 8 heteroatoms. The van der Waals surface area contributed by atoms with Gasteiger partial charge in [0.25, 0.3) is 5.91 Å². The second-order valence-corrected chi connectivity index (χ2v) is 6.19. The van der Waals surface area contributed by atoms with Crippen molar-refractivity contribution in [3.05, 3.63) is 35.5 Å². The van der Waals surface area contributed by atoms with E-state index in [-0.39, 0.29) is 30.7 Å². The topological polar surface area (TPSA) is 60.5 Å². The molecule has 25 heavy (non-hydrogen) atoms. The third-order valence-corrected chi connectivity index (χ3v) is 4.47. The number of amides is 1. The highest BCUT2D eigenvalue weighted by molar-refractivity contribution is 5.95. The van der Waals surface area contributed by atoms with E-state index in [0.29, 0.717) is 12.1 Å². The summed E-state index contributed by atoms with van der Waals surface area (Å²) in [6, 6.07) is 3.68. The van der Waals surface area contributed by atoms with Crippen molar-refractivity contribution in [1.29, 1.82) is 0 Å². The van der Waals surface area contributed by atoms with Gasteiger partial charge in [-0.05, 0) is 32.1 Å². The normalized spacial score (nSPS) is 17.8. The maximum atomic E-state index is 12.4. The maximum Gasteiger partial charge on any atom is 0.251 e. The Labute approximate surface area is 161 Å². The lowest BCUT2D eigenvalue weighted by Crippen LogP contribution is -2.44. The van der Waals surface area contributed by atoms with Crippen LogP contribution in [0.3, 0.4) is 0 Å². The Morgan fingerprint density at radius 3 is 2.72 bits per heavy atom. The minimum Gasteiger partial charge on any atom is -0.354 e. The molecule has 1 aromatic heterocycles. The summed E-state index contributed by atoms with van der Waals surface area (Å²) in [5.74, 6) is 0.869. The molecule has 0 saturated carbocycles. The summed E-state index contributed by atoms with van der Waals surface area (Å²) < 4.78 is 0. The number of piperazine rings is 1. The van der Waals surface area contributed by atoms with Crippen molar-refractivity contribution in [2.24, 2.45) is 0 Å². The molecule has 1 amide bonds.